The van der Waals surface area contributed by atoms with Crippen molar-refractivity contribution in [1.29, 1.82) is 0 Å². The summed E-state index contributed by atoms with van der Waals surface area (Å²) in [5.74, 6) is -1.39. The normalized spacial score (nSPS) is 12.2. The van der Waals surface area contributed by atoms with Gasteiger partial charge in [-0.2, -0.15) is 0 Å². The second-order valence-electron chi connectivity index (χ2n) is 6.98. The summed E-state index contributed by atoms with van der Waals surface area (Å²) >= 11 is 0. The van der Waals surface area contributed by atoms with Crippen LogP contribution in [0.5, 0.6) is 0 Å². The minimum Gasteiger partial charge on any atom is -0.478 e. The van der Waals surface area contributed by atoms with Gasteiger partial charge in [-0.15, -0.1) is 0 Å². The Morgan fingerprint density at radius 2 is 1.28 bits per heavy atom. The Labute approximate surface area is 155 Å². The van der Waals surface area contributed by atoms with Crippen LogP contribution < -0.4 is 0 Å². The summed E-state index contributed by atoms with van der Waals surface area (Å²) in [6.45, 7) is 8.88. The third-order valence-corrected chi connectivity index (χ3v) is 10.2. The Balaban J connectivity index is 5.73. The van der Waals surface area contributed by atoms with Gasteiger partial charge in [0.05, 0.1) is 14.7 Å². The highest BCUT2D eigenvalue weighted by Crippen LogP contribution is 2.35. The highest BCUT2D eigenvalue weighted by Gasteiger charge is 2.40. The van der Waals surface area contributed by atoms with Gasteiger partial charge < -0.3 is 9.84 Å². The second-order valence-corrected chi connectivity index (χ2v) is 11.6. The van der Waals surface area contributed by atoms with E-state index in [1.54, 1.807) is 0 Å². The molecule has 4 nitrogen and oxygen atoms in total. The fourth-order valence-corrected chi connectivity index (χ4v) is 8.85. The van der Waals surface area contributed by atoms with Crippen molar-refractivity contribution in [3.63, 3.8) is 0 Å². The molecule has 0 bridgehead atoms. The number of carboxylic acids is 1. The molecule has 0 amide bonds. The average Bonchev–Trinajstić information content (AvgIpc) is 2.59. The highest BCUT2D eigenvalue weighted by molar-refractivity contribution is 6.90. The van der Waals surface area contributed by atoms with Crippen LogP contribution in [0.1, 0.15) is 79.1 Å². The summed E-state index contributed by atoms with van der Waals surface area (Å²) in [6.07, 6.45) is 9.32. The number of ether oxygens (including phenoxy) is 1. The Morgan fingerprint density at radius 3 is 1.64 bits per heavy atom. The summed E-state index contributed by atoms with van der Waals surface area (Å²) in [6, 6.07) is 2.97. The molecule has 0 saturated heterocycles. The van der Waals surface area contributed by atoms with Crippen LogP contribution in [-0.2, 0) is 14.3 Å². The third-order valence-electron chi connectivity index (χ3n) is 4.82. The first-order valence-electron chi connectivity index (χ1n) is 10.1. The smallest absolute Gasteiger partial charge is 0.330 e. The molecule has 0 aliphatic rings. The van der Waals surface area contributed by atoms with Crippen LogP contribution in [0.25, 0.3) is 0 Å². The van der Waals surface area contributed by atoms with Crippen molar-refractivity contribution in [3.05, 3.63) is 11.3 Å². The zero-order valence-corrected chi connectivity index (χ0v) is 17.7. The highest BCUT2D eigenvalue weighted by atomic mass is 28.3. The largest absolute Gasteiger partial charge is 0.478 e. The topological polar surface area (TPSA) is 63.6 Å². The molecule has 0 radical (unpaired) electrons. The Bertz CT molecular complexity index is 396. The SMILES string of the molecule is CCCCOC(=O)/C(=C/C(=O)O)[Si](CCCC)(CCCC)CCCC. The third kappa shape index (κ3) is 9.24. The van der Waals surface area contributed by atoms with Crippen molar-refractivity contribution in [2.24, 2.45) is 0 Å². The van der Waals surface area contributed by atoms with Crippen LogP contribution in [-0.4, -0.2) is 31.7 Å². The van der Waals surface area contributed by atoms with E-state index in [9.17, 15) is 14.7 Å². The molecule has 0 rings (SSSR count). The first-order chi connectivity index (χ1) is 12.0. The van der Waals surface area contributed by atoms with Crippen LogP contribution in [0.4, 0.5) is 0 Å². The van der Waals surface area contributed by atoms with Crippen LogP contribution in [0.2, 0.25) is 18.1 Å². The molecule has 25 heavy (non-hydrogen) atoms. The number of aliphatic carboxylic acids is 1. The number of carbonyl (C=O) groups excluding carboxylic acids is 1. The van der Waals surface area contributed by atoms with Gasteiger partial charge in [0.15, 0.2) is 0 Å². The fourth-order valence-electron chi connectivity index (χ4n) is 3.26. The van der Waals surface area contributed by atoms with Crippen molar-refractivity contribution >= 4 is 20.0 Å². The van der Waals surface area contributed by atoms with Crippen molar-refractivity contribution in [3.8, 4) is 0 Å². The van der Waals surface area contributed by atoms with Crippen molar-refractivity contribution in [2.45, 2.75) is 97.2 Å². The summed E-state index contributed by atoms with van der Waals surface area (Å²) < 4.78 is 5.46. The van der Waals surface area contributed by atoms with Gasteiger partial charge in [-0.25, -0.2) is 9.59 Å². The van der Waals surface area contributed by atoms with E-state index in [0.717, 1.165) is 69.5 Å². The molecule has 0 aliphatic carbocycles. The van der Waals surface area contributed by atoms with E-state index in [4.69, 9.17) is 4.74 Å². The first kappa shape index (κ1) is 23.9. The Morgan fingerprint density at radius 1 is 0.840 bits per heavy atom. The van der Waals surface area contributed by atoms with Gasteiger partial charge in [-0.3, -0.25) is 0 Å². The summed E-state index contributed by atoms with van der Waals surface area (Å²) in [4.78, 5) is 24.2. The van der Waals surface area contributed by atoms with Crippen molar-refractivity contribution in [2.75, 3.05) is 6.61 Å². The fraction of sp³-hybridized carbons (Fsp3) is 0.800. The Kier molecular flexibility index (Phi) is 13.5. The number of esters is 1. The zero-order valence-electron chi connectivity index (χ0n) is 16.7. The molecular formula is C20H38O4Si. The standard InChI is InChI=1S/C20H38O4Si/c1-5-9-13-24-20(23)18(17-19(21)22)25(14-10-6-2,15-11-7-3)16-12-8-4/h17H,5-16H2,1-4H3,(H,21,22)/b18-17-. The van der Waals surface area contributed by atoms with Gasteiger partial charge in [0.1, 0.15) is 0 Å². The van der Waals surface area contributed by atoms with Crippen LogP contribution in [0, 0.1) is 0 Å². The lowest BCUT2D eigenvalue weighted by atomic mass is 10.4. The minimum atomic E-state index is -2.17. The molecule has 0 unspecified atom stereocenters. The zero-order chi connectivity index (χ0) is 19.1. The minimum absolute atomic E-state index is 0.370. The number of hydrogen-bond acceptors (Lipinski definition) is 3. The number of carbonyl (C=O) groups is 2. The van der Waals surface area contributed by atoms with E-state index in [1.807, 2.05) is 6.92 Å². The average molecular weight is 371 g/mol. The monoisotopic (exact) mass is 370 g/mol. The summed E-state index contributed by atoms with van der Waals surface area (Å²) in [5, 5.41) is 9.90. The quantitative estimate of drug-likeness (QED) is 0.173. The molecular weight excluding hydrogens is 332 g/mol. The van der Waals surface area contributed by atoms with E-state index in [1.165, 1.54) is 6.08 Å². The molecule has 0 spiro atoms. The molecule has 0 aromatic carbocycles. The number of unbranched alkanes of at least 4 members (excludes halogenated alkanes) is 4. The van der Waals surface area contributed by atoms with Gasteiger partial charge in [0.2, 0.25) is 0 Å². The van der Waals surface area contributed by atoms with E-state index in [-0.39, 0.29) is 5.97 Å². The van der Waals surface area contributed by atoms with Crippen molar-refractivity contribution < 1.29 is 19.4 Å². The van der Waals surface area contributed by atoms with Crippen LogP contribution >= 0.6 is 0 Å². The molecule has 5 heteroatoms. The molecule has 0 aliphatic heterocycles. The molecule has 1 N–H and O–H groups in total. The van der Waals surface area contributed by atoms with E-state index in [0.29, 0.717) is 11.8 Å². The summed E-state index contributed by atoms with van der Waals surface area (Å²) in [5.41, 5.74) is 0. The van der Waals surface area contributed by atoms with Gasteiger partial charge in [-0.1, -0.05) is 90.8 Å². The molecule has 0 aromatic rings. The number of rotatable bonds is 15. The second kappa shape index (κ2) is 14.1. The van der Waals surface area contributed by atoms with Gasteiger partial charge in [0.25, 0.3) is 0 Å². The van der Waals surface area contributed by atoms with Crippen LogP contribution in [0.3, 0.4) is 0 Å². The molecule has 0 heterocycles. The van der Waals surface area contributed by atoms with Gasteiger partial charge >= 0.3 is 11.9 Å². The predicted octanol–water partition coefficient (Wildman–Crippen LogP) is 5.73. The molecule has 0 aromatic heterocycles. The van der Waals surface area contributed by atoms with Crippen LogP contribution in [0.15, 0.2) is 11.3 Å². The number of hydrogen-bond donors (Lipinski definition) is 1. The number of carboxylic acid groups (broad SMARTS) is 1. The van der Waals surface area contributed by atoms with E-state index < -0.39 is 14.0 Å². The predicted molar refractivity (Wildman–Crippen MR) is 106 cm³/mol. The van der Waals surface area contributed by atoms with Crippen molar-refractivity contribution in [1.82, 2.24) is 0 Å². The van der Waals surface area contributed by atoms with E-state index in [2.05, 4.69) is 20.8 Å². The summed E-state index contributed by atoms with van der Waals surface area (Å²) in [7, 11) is -2.17. The maximum Gasteiger partial charge on any atom is 0.330 e. The Hall–Kier alpha value is -1.10. The molecule has 0 saturated carbocycles. The maximum atomic E-state index is 12.8. The lowest BCUT2D eigenvalue weighted by molar-refractivity contribution is -0.139. The first-order valence-corrected chi connectivity index (χ1v) is 12.7. The maximum absolute atomic E-state index is 12.8. The lowest BCUT2D eigenvalue weighted by Gasteiger charge is -2.33. The van der Waals surface area contributed by atoms with Gasteiger partial charge in [0, 0.05) is 11.3 Å². The molecule has 0 fully saturated rings. The lowest BCUT2D eigenvalue weighted by Crippen LogP contribution is -2.41. The molecule has 0 atom stereocenters. The molecule has 146 valence electrons. The van der Waals surface area contributed by atoms with E-state index >= 15 is 0 Å². The van der Waals surface area contributed by atoms with Gasteiger partial charge in [-0.05, 0) is 6.42 Å².